The molecule has 0 spiro atoms. The molecule has 2 fully saturated rings. The van der Waals surface area contributed by atoms with E-state index in [2.05, 4.69) is 46.1 Å². The number of ether oxygens (including phenoxy) is 1. The topological polar surface area (TPSA) is 66.9 Å². The Kier molecular flexibility index (Phi) is 2.66. The number of quaternary nitrogens is 1. The number of aromatic nitrogens is 2. The van der Waals surface area contributed by atoms with Crippen LogP contribution in [0.25, 0.3) is 21.8 Å². The fourth-order valence-electron chi connectivity index (χ4n) is 5.68. The lowest BCUT2D eigenvalue weighted by Gasteiger charge is -2.15. The minimum absolute atomic E-state index is 0.123. The molecular weight excluding hydrogens is 350 g/mol. The summed E-state index contributed by atoms with van der Waals surface area (Å²) < 4.78 is 8.67. The predicted molar refractivity (Wildman–Crippen MR) is 105 cm³/mol. The highest BCUT2D eigenvalue weighted by molar-refractivity contribution is 5.94. The summed E-state index contributed by atoms with van der Waals surface area (Å²) in [6, 6.07) is 14.8. The van der Waals surface area contributed by atoms with Crippen LogP contribution >= 0.6 is 0 Å². The van der Waals surface area contributed by atoms with Gasteiger partial charge in [-0.1, -0.05) is 36.4 Å². The first-order valence-corrected chi connectivity index (χ1v) is 10.0. The van der Waals surface area contributed by atoms with E-state index < -0.39 is 5.60 Å². The second-order valence-electron chi connectivity index (χ2n) is 8.28. The Bertz CT molecular complexity index is 1300. The summed E-state index contributed by atoms with van der Waals surface area (Å²) in [6.45, 7) is 1.03. The zero-order chi connectivity index (χ0) is 18.5. The lowest BCUT2D eigenvalue weighted by atomic mass is 9.82. The number of hydrogen-bond acceptors (Lipinski definition) is 2. The number of hydrogen-bond donors (Lipinski definition) is 2. The number of carbonyl (C=O) groups is 1. The molecule has 2 aromatic carbocycles. The van der Waals surface area contributed by atoms with Crippen molar-refractivity contribution in [2.45, 2.75) is 37.1 Å². The van der Waals surface area contributed by atoms with Crippen LogP contribution in [-0.4, -0.2) is 21.7 Å². The number of aromatic amines is 1. The molecule has 0 radical (unpaired) electrons. The van der Waals surface area contributed by atoms with Gasteiger partial charge >= 0.3 is 5.91 Å². The van der Waals surface area contributed by atoms with Crippen molar-refractivity contribution in [3.63, 3.8) is 0 Å². The number of primary amides is 1. The van der Waals surface area contributed by atoms with Gasteiger partial charge in [0, 0.05) is 40.8 Å². The number of para-hydroxylation sites is 2. The van der Waals surface area contributed by atoms with Crippen LogP contribution in [0.5, 0.6) is 0 Å². The van der Waals surface area contributed by atoms with Gasteiger partial charge < -0.3 is 14.3 Å². The summed E-state index contributed by atoms with van der Waals surface area (Å²) in [5.41, 5.74) is 5.45. The number of carbonyl (C=O) groups excluding carboxylic acids is 1. The molecular formula is C23H20N3O2+. The smallest absolute Gasteiger partial charge is 0.323 e. The Morgan fingerprint density at radius 3 is 3.00 bits per heavy atom. The molecule has 3 aliphatic rings. The van der Waals surface area contributed by atoms with Crippen molar-refractivity contribution in [1.82, 2.24) is 9.55 Å². The van der Waals surface area contributed by atoms with Crippen molar-refractivity contribution in [1.29, 1.82) is 0 Å². The van der Waals surface area contributed by atoms with Gasteiger partial charge in [0.15, 0.2) is 5.60 Å². The number of rotatable bonds is 2. The van der Waals surface area contributed by atoms with Gasteiger partial charge in [-0.15, -0.1) is 0 Å². The minimum Gasteiger partial charge on any atom is -0.361 e. The highest BCUT2D eigenvalue weighted by Gasteiger charge is 2.76. The van der Waals surface area contributed by atoms with Crippen LogP contribution in [0.3, 0.4) is 0 Å². The number of epoxide rings is 1. The first kappa shape index (κ1) is 15.1. The largest absolute Gasteiger partial charge is 0.361 e. The van der Waals surface area contributed by atoms with Crippen LogP contribution in [-0.2, 0) is 28.1 Å². The van der Waals surface area contributed by atoms with Gasteiger partial charge in [-0.3, -0.25) is 5.32 Å². The van der Waals surface area contributed by atoms with Crippen molar-refractivity contribution in [3.05, 3.63) is 71.5 Å². The van der Waals surface area contributed by atoms with Crippen LogP contribution < -0.4 is 5.32 Å². The monoisotopic (exact) mass is 370 g/mol. The number of nitrogens with one attached hydrogen (secondary N) is 1. The molecule has 5 nitrogen and oxygen atoms in total. The van der Waals surface area contributed by atoms with Crippen LogP contribution in [0.4, 0.5) is 0 Å². The lowest BCUT2D eigenvalue weighted by molar-refractivity contribution is -0.594. The standard InChI is InChI=1S/C23H19N3O2/c27-21-19(16-11-24-18-9-2-1-7-14(16)18)23(22(25-21)28-23)17-12-26-10-4-6-13-5-3-8-15(17)20(13)26/h1-3,5,7-9,11-12,19,22,24H,4,6,10H2,(H,25,27)/p+1. The van der Waals surface area contributed by atoms with E-state index in [1.165, 1.54) is 22.0 Å². The molecule has 3 unspecified atom stereocenters. The van der Waals surface area contributed by atoms with Crippen molar-refractivity contribution < 1.29 is 14.8 Å². The Balaban J connectivity index is 1.48. The number of benzene rings is 2. The van der Waals surface area contributed by atoms with E-state index in [4.69, 9.17) is 4.74 Å². The van der Waals surface area contributed by atoms with E-state index in [0.717, 1.165) is 35.9 Å². The lowest BCUT2D eigenvalue weighted by Crippen LogP contribution is -2.88. The third kappa shape index (κ3) is 1.68. The molecule has 0 bridgehead atoms. The number of amides is 1. The van der Waals surface area contributed by atoms with Gasteiger partial charge in [-0.25, -0.2) is 4.79 Å². The van der Waals surface area contributed by atoms with Crippen LogP contribution in [0, 0.1) is 0 Å². The highest BCUT2D eigenvalue weighted by Crippen LogP contribution is 2.58. The molecule has 1 amide bonds. The predicted octanol–water partition coefficient (Wildman–Crippen LogP) is 2.51. The fourth-order valence-corrected chi connectivity index (χ4v) is 5.68. The number of nitrogens with two attached hydrogens (primary N) is 1. The Labute approximate surface area is 161 Å². The maximum atomic E-state index is 13.1. The van der Waals surface area contributed by atoms with E-state index in [0.29, 0.717) is 0 Å². The van der Waals surface area contributed by atoms with Gasteiger partial charge in [-0.05, 0) is 30.0 Å². The summed E-state index contributed by atoms with van der Waals surface area (Å²) >= 11 is 0. The molecule has 7 rings (SSSR count). The average Bonchev–Trinajstić information content (AvgIpc) is 3.02. The van der Waals surface area contributed by atoms with Gasteiger partial charge in [0.05, 0.1) is 5.52 Å². The summed E-state index contributed by atoms with van der Waals surface area (Å²) in [4.78, 5) is 16.4. The molecule has 3 aliphatic heterocycles. The number of fused-ring (bicyclic) bond motifs is 2. The minimum atomic E-state index is -0.561. The molecule has 28 heavy (non-hydrogen) atoms. The first-order chi connectivity index (χ1) is 13.8. The fraction of sp³-hybridized carbons (Fsp3) is 0.261. The summed E-state index contributed by atoms with van der Waals surface area (Å²) in [7, 11) is 0. The van der Waals surface area contributed by atoms with Gasteiger partial charge in [0.25, 0.3) is 0 Å². The van der Waals surface area contributed by atoms with Crippen molar-refractivity contribution in [3.8, 4) is 0 Å². The normalized spacial score (nSPS) is 28.2. The number of H-pyrrole nitrogens is 1. The first-order valence-electron chi connectivity index (χ1n) is 10.0. The molecule has 0 aliphatic carbocycles. The molecule has 4 aromatic rings. The Hall–Kier alpha value is -2.89. The van der Waals surface area contributed by atoms with Gasteiger partial charge in [0.2, 0.25) is 6.23 Å². The molecule has 2 saturated heterocycles. The zero-order valence-corrected chi connectivity index (χ0v) is 15.3. The van der Waals surface area contributed by atoms with E-state index in [1.54, 1.807) is 5.32 Å². The number of aryl methyl sites for hydroxylation is 2. The highest BCUT2D eigenvalue weighted by atomic mass is 16.6. The SMILES string of the molecule is O=C1[NH2+]C2OC2(c2cn3c4c(cccc24)CCC3)C1c1c[nH]c2ccccc12. The molecule has 3 atom stereocenters. The Morgan fingerprint density at radius 1 is 1.14 bits per heavy atom. The third-order valence-corrected chi connectivity index (χ3v) is 6.90. The maximum Gasteiger partial charge on any atom is 0.323 e. The van der Waals surface area contributed by atoms with E-state index in [1.807, 2.05) is 18.3 Å². The van der Waals surface area contributed by atoms with E-state index in [9.17, 15) is 4.79 Å². The zero-order valence-electron chi connectivity index (χ0n) is 15.3. The summed E-state index contributed by atoms with van der Waals surface area (Å²) in [5, 5.41) is 4.14. The molecule has 0 saturated carbocycles. The molecule has 3 N–H and O–H groups in total. The average molecular weight is 370 g/mol. The van der Waals surface area contributed by atoms with Crippen LogP contribution in [0.2, 0.25) is 0 Å². The molecule has 138 valence electrons. The van der Waals surface area contributed by atoms with Crippen molar-refractivity contribution in [2.24, 2.45) is 0 Å². The second-order valence-corrected chi connectivity index (χ2v) is 8.28. The quantitative estimate of drug-likeness (QED) is 0.533. The van der Waals surface area contributed by atoms with E-state index in [-0.39, 0.29) is 18.1 Å². The van der Waals surface area contributed by atoms with Gasteiger partial charge in [-0.2, -0.15) is 0 Å². The molecule has 2 aromatic heterocycles. The molecule has 5 heterocycles. The second kappa shape index (κ2) is 4.93. The van der Waals surface area contributed by atoms with Crippen LogP contribution in [0.1, 0.15) is 29.0 Å². The Morgan fingerprint density at radius 2 is 2.04 bits per heavy atom. The van der Waals surface area contributed by atoms with Gasteiger partial charge in [0.1, 0.15) is 5.92 Å². The maximum absolute atomic E-state index is 13.1. The third-order valence-electron chi connectivity index (χ3n) is 6.90. The van der Waals surface area contributed by atoms with Crippen molar-refractivity contribution in [2.75, 3.05) is 0 Å². The number of nitrogens with zero attached hydrogens (tertiary/aromatic N) is 1. The molecule has 5 heteroatoms. The van der Waals surface area contributed by atoms with Crippen molar-refractivity contribution >= 4 is 27.7 Å². The van der Waals surface area contributed by atoms with E-state index >= 15 is 0 Å². The van der Waals surface area contributed by atoms with Crippen LogP contribution in [0.15, 0.2) is 54.9 Å². The summed E-state index contributed by atoms with van der Waals surface area (Å²) in [5.74, 6) is -0.120. The summed E-state index contributed by atoms with van der Waals surface area (Å²) in [6.07, 6.45) is 6.41.